The summed E-state index contributed by atoms with van der Waals surface area (Å²) in [5.41, 5.74) is 1.87. The SMILES string of the molecule is CCOc1cccc(NCc2sccc2NC(C)=O)c1. The highest BCUT2D eigenvalue weighted by Gasteiger charge is 2.05. The quantitative estimate of drug-likeness (QED) is 0.852. The van der Waals surface area contributed by atoms with Crippen molar-refractivity contribution in [2.45, 2.75) is 20.4 Å². The molecule has 4 nitrogen and oxygen atoms in total. The Morgan fingerprint density at radius 3 is 2.95 bits per heavy atom. The van der Waals surface area contributed by atoms with Gasteiger partial charge in [-0.2, -0.15) is 0 Å². The maximum Gasteiger partial charge on any atom is 0.221 e. The van der Waals surface area contributed by atoms with E-state index in [4.69, 9.17) is 4.74 Å². The van der Waals surface area contributed by atoms with E-state index in [1.807, 2.05) is 42.6 Å². The number of hydrogen-bond donors (Lipinski definition) is 2. The summed E-state index contributed by atoms with van der Waals surface area (Å²) in [5.74, 6) is 0.800. The summed E-state index contributed by atoms with van der Waals surface area (Å²) in [6, 6.07) is 9.77. The fraction of sp³-hybridized carbons (Fsp3) is 0.267. The first-order valence-electron chi connectivity index (χ1n) is 6.49. The summed E-state index contributed by atoms with van der Waals surface area (Å²) in [6.07, 6.45) is 0. The molecule has 1 heterocycles. The Kier molecular flexibility index (Phi) is 5.01. The highest BCUT2D eigenvalue weighted by Crippen LogP contribution is 2.24. The Labute approximate surface area is 122 Å². The standard InChI is InChI=1S/C15H18N2O2S/c1-3-19-13-6-4-5-12(9-13)16-10-15-14(7-8-20-15)17-11(2)18/h4-9,16H,3,10H2,1-2H3,(H,17,18). The number of hydrogen-bond acceptors (Lipinski definition) is 4. The highest BCUT2D eigenvalue weighted by molar-refractivity contribution is 7.10. The van der Waals surface area contributed by atoms with Crippen LogP contribution in [0.5, 0.6) is 5.75 Å². The third-order valence-electron chi connectivity index (χ3n) is 2.65. The molecule has 0 saturated carbocycles. The lowest BCUT2D eigenvalue weighted by molar-refractivity contribution is -0.114. The van der Waals surface area contributed by atoms with Gasteiger partial charge in [0, 0.05) is 23.6 Å². The second kappa shape index (κ2) is 6.96. The number of anilines is 2. The third-order valence-corrected chi connectivity index (χ3v) is 3.58. The number of amides is 1. The summed E-state index contributed by atoms with van der Waals surface area (Å²) in [6.45, 7) is 4.80. The largest absolute Gasteiger partial charge is 0.494 e. The zero-order valence-corrected chi connectivity index (χ0v) is 12.4. The first kappa shape index (κ1) is 14.4. The predicted octanol–water partition coefficient (Wildman–Crippen LogP) is 3.72. The summed E-state index contributed by atoms with van der Waals surface area (Å²) in [4.78, 5) is 12.2. The maximum atomic E-state index is 11.1. The molecule has 106 valence electrons. The second-order valence-corrected chi connectivity index (χ2v) is 5.25. The smallest absolute Gasteiger partial charge is 0.221 e. The molecule has 0 saturated heterocycles. The molecule has 0 aliphatic carbocycles. The molecule has 5 heteroatoms. The third kappa shape index (κ3) is 3.99. The van der Waals surface area contributed by atoms with Gasteiger partial charge in [-0.1, -0.05) is 6.07 Å². The molecule has 2 N–H and O–H groups in total. The average Bonchev–Trinajstić information content (AvgIpc) is 2.84. The van der Waals surface area contributed by atoms with Crippen molar-refractivity contribution in [3.05, 3.63) is 40.6 Å². The Balaban J connectivity index is 2.00. The molecule has 0 spiro atoms. The van der Waals surface area contributed by atoms with Crippen LogP contribution in [0.2, 0.25) is 0 Å². The molecular weight excluding hydrogens is 272 g/mol. The van der Waals surface area contributed by atoms with Crippen molar-refractivity contribution in [1.29, 1.82) is 0 Å². The number of carbonyl (C=O) groups is 1. The maximum absolute atomic E-state index is 11.1. The predicted molar refractivity (Wildman–Crippen MR) is 83.6 cm³/mol. The first-order chi connectivity index (χ1) is 9.69. The van der Waals surface area contributed by atoms with Gasteiger partial charge in [-0.25, -0.2) is 0 Å². The molecule has 0 aliphatic rings. The van der Waals surface area contributed by atoms with Crippen LogP contribution < -0.4 is 15.4 Å². The number of benzene rings is 1. The summed E-state index contributed by atoms with van der Waals surface area (Å²) in [7, 11) is 0. The van der Waals surface area contributed by atoms with Gasteiger partial charge in [-0.15, -0.1) is 11.3 Å². The van der Waals surface area contributed by atoms with Crippen molar-refractivity contribution in [2.24, 2.45) is 0 Å². The number of ether oxygens (including phenoxy) is 1. The monoisotopic (exact) mass is 290 g/mol. The molecule has 2 rings (SSSR count). The van der Waals surface area contributed by atoms with Gasteiger partial charge in [-0.3, -0.25) is 4.79 Å². The van der Waals surface area contributed by atoms with E-state index in [1.54, 1.807) is 11.3 Å². The normalized spacial score (nSPS) is 10.1. The van der Waals surface area contributed by atoms with Crippen LogP contribution in [0.1, 0.15) is 18.7 Å². The van der Waals surface area contributed by atoms with Gasteiger partial charge < -0.3 is 15.4 Å². The van der Waals surface area contributed by atoms with Gasteiger partial charge >= 0.3 is 0 Å². The zero-order chi connectivity index (χ0) is 14.4. The minimum absolute atomic E-state index is 0.0528. The number of rotatable bonds is 6. The lowest BCUT2D eigenvalue weighted by atomic mass is 10.3. The Morgan fingerprint density at radius 1 is 1.35 bits per heavy atom. The number of carbonyl (C=O) groups excluding carboxylic acids is 1. The molecule has 0 unspecified atom stereocenters. The Hall–Kier alpha value is -2.01. The van der Waals surface area contributed by atoms with E-state index in [0.717, 1.165) is 22.0 Å². The molecule has 2 aromatic rings. The molecule has 0 aliphatic heterocycles. The summed E-state index contributed by atoms with van der Waals surface area (Å²) < 4.78 is 5.47. The average molecular weight is 290 g/mol. The van der Waals surface area contributed by atoms with Gasteiger partial charge in [0.1, 0.15) is 5.75 Å². The zero-order valence-electron chi connectivity index (χ0n) is 11.6. The van der Waals surface area contributed by atoms with Gasteiger partial charge in [-0.05, 0) is 30.5 Å². The topological polar surface area (TPSA) is 50.4 Å². The van der Waals surface area contributed by atoms with E-state index in [9.17, 15) is 4.79 Å². The van der Waals surface area contributed by atoms with Gasteiger partial charge in [0.2, 0.25) is 5.91 Å². The van der Waals surface area contributed by atoms with E-state index in [-0.39, 0.29) is 5.91 Å². The van der Waals surface area contributed by atoms with Gasteiger partial charge in [0.25, 0.3) is 0 Å². The van der Waals surface area contributed by atoms with Crippen LogP contribution >= 0.6 is 11.3 Å². The molecule has 20 heavy (non-hydrogen) atoms. The number of nitrogens with one attached hydrogen (secondary N) is 2. The summed E-state index contributed by atoms with van der Waals surface area (Å²) in [5, 5.41) is 8.14. The van der Waals surface area contributed by atoms with Crippen molar-refractivity contribution in [1.82, 2.24) is 0 Å². The second-order valence-electron chi connectivity index (χ2n) is 4.25. The Morgan fingerprint density at radius 2 is 2.20 bits per heavy atom. The fourth-order valence-electron chi connectivity index (χ4n) is 1.82. The molecule has 1 aromatic heterocycles. The first-order valence-corrected chi connectivity index (χ1v) is 7.37. The molecule has 0 bridgehead atoms. The lowest BCUT2D eigenvalue weighted by Gasteiger charge is -2.09. The minimum Gasteiger partial charge on any atom is -0.494 e. The van der Waals surface area contributed by atoms with Crippen LogP contribution in [0.3, 0.4) is 0 Å². The van der Waals surface area contributed by atoms with Crippen molar-refractivity contribution >= 4 is 28.6 Å². The molecule has 1 aromatic carbocycles. The molecule has 0 fully saturated rings. The fourth-order valence-corrected chi connectivity index (χ4v) is 2.59. The van der Waals surface area contributed by atoms with E-state index >= 15 is 0 Å². The Bertz CT molecular complexity index is 581. The van der Waals surface area contributed by atoms with E-state index in [1.165, 1.54) is 6.92 Å². The van der Waals surface area contributed by atoms with Crippen LogP contribution in [0, 0.1) is 0 Å². The minimum atomic E-state index is -0.0528. The van der Waals surface area contributed by atoms with E-state index in [0.29, 0.717) is 13.2 Å². The van der Waals surface area contributed by atoms with Crippen molar-refractivity contribution < 1.29 is 9.53 Å². The number of thiophene rings is 1. The van der Waals surface area contributed by atoms with Crippen molar-refractivity contribution in [3.63, 3.8) is 0 Å². The molecule has 0 atom stereocenters. The van der Waals surface area contributed by atoms with Crippen LogP contribution in [0.4, 0.5) is 11.4 Å². The van der Waals surface area contributed by atoms with Gasteiger partial charge in [0.05, 0.1) is 18.8 Å². The van der Waals surface area contributed by atoms with Crippen LogP contribution in [0.25, 0.3) is 0 Å². The van der Waals surface area contributed by atoms with E-state index < -0.39 is 0 Å². The highest BCUT2D eigenvalue weighted by atomic mass is 32.1. The van der Waals surface area contributed by atoms with E-state index in [2.05, 4.69) is 10.6 Å². The lowest BCUT2D eigenvalue weighted by Crippen LogP contribution is -2.08. The molecular formula is C15H18N2O2S. The molecule has 1 amide bonds. The van der Waals surface area contributed by atoms with Crippen LogP contribution in [-0.4, -0.2) is 12.5 Å². The van der Waals surface area contributed by atoms with Crippen LogP contribution in [0.15, 0.2) is 35.7 Å². The van der Waals surface area contributed by atoms with Crippen molar-refractivity contribution in [3.8, 4) is 5.75 Å². The van der Waals surface area contributed by atoms with Gasteiger partial charge in [0.15, 0.2) is 0 Å². The van der Waals surface area contributed by atoms with Crippen LogP contribution in [-0.2, 0) is 11.3 Å². The van der Waals surface area contributed by atoms with Crippen molar-refractivity contribution in [2.75, 3.05) is 17.2 Å². The molecule has 0 radical (unpaired) electrons. The summed E-state index contributed by atoms with van der Waals surface area (Å²) >= 11 is 1.62.